The van der Waals surface area contributed by atoms with Crippen LogP contribution < -0.4 is 0 Å². The van der Waals surface area contributed by atoms with Gasteiger partial charge in [0.1, 0.15) is 0 Å². The molecule has 0 aromatic carbocycles. The van der Waals surface area contributed by atoms with Gasteiger partial charge in [-0.25, -0.2) is 0 Å². The maximum atomic E-state index is 4.32. The summed E-state index contributed by atoms with van der Waals surface area (Å²) < 4.78 is 0. The second-order valence-corrected chi connectivity index (χ2v) is 8.48. The summed E-state index contributed by atoms with van der Waals surface area (Å²) in [5.74, 6) is 4.24. The van der Waals surface area contributed by atoms with Gasteiger partial charge in [-0.2, -0.15) is 0 Å². The molecule has 4 atom stereocenters. The number of hydrogen-bond acceptors (Lipinski definition) is 0. The van der Waals surface area contributed by atoms with Crippen LogP contribution in [0, 0.1) is 29.6 Å². The number of rotatable bonds is 13. The van der Waals surface area contributed by atoms with Gasteiger partial charge in [0.2, 0.25) is 0 Å². The summed E-state index contributed by atoms with van der Waals surface area (Å²) in [4.78, 5) is 0. The Hall–Kier alpha value is -0.260. The molecular weight excluding hydrogens is 264 g/mol. The van der Waals surface area contributed by atoms with Crippen molar-refractivity contribution in [2.24, 2.45) is 29.6 Å². The molecule has 0 amide bonds. The quantitative estimate of drug-likeness (QED) is 0.240. The van der Waals surface area contributed by atoms with Crippen molar-refractivity contribution in [1.82, 2.24) is 0 Å². The Bertz CT molecular complexity index is 276. The summed E-state index contributed by atoms with van der Waals surface area (Å²) in [6, 6.07) is 0. The lowest BCUT2D eigenvalue weighted by Crippen LogP contribution is -2.14. The minimum Gasteiger partial charge on any atom is -0.0999 e. The molecule has 0 heteroatoms. The molecule has 0 nitrogen and oxygen atoms in total. The molecule has 0 N–H and O–H groups in total. The minimum atomic E-state index is 0.816. The molecule has 0 aromatic heterocycles. The van der Waals surface area contributed by atoms with E-state index in [9.17, 15) is 0 Å². The molecule has 22 heavy (non-hydrogen) atoms. The summed E-state index contributed by atoms with van der Waals surface area (Å²) in [5, 5.41) is 0. The van der Waals surface area contributed by atoms with Crippen LogP contribution in [0.3, 0.4) is 0 Å². The molecule has 132 valence electrons. The third-order valence-electron chi connectivity index (χ3n) is 5.88. The average molecular weight is 309 g/mol. The Morgan fingerprint density at radius 1 is 0.818 bits per heavy atom. The van der Waals surface area contributed by atoms with Crippen LogP contribution in [0.1, 0.15) is 99.8 Å². The van der Waals surface area contributed by atoms with E-state index in [0.29, 0.717) is 0 Å². The molecule has 0 radical (unpaired) electrons. The van der Waals surface area contributed by atoms with Crippen molar-refractivity contribution in [1.29, 1.82) is 0 Å². The van der Waals surface area contributed by atoms with E-state index < -0.39 is 0 Å². The van der Waals surface area contributed by atoms with Gasteiger partial charge in [0.15, 0.2) is 0 Å². The molecular formula is C22H44. The monoisotopic (exact) mass is 308 g/mol. The van der Waals surface area contributed by atoms with Gasteiger partial charge in [-0.3, -0.25) is 0 Å². The van der Waals surface area contributed by atoms with Crippen molar-refractivity contribution < 1.29 is 0 Å². The van der Waals surface area contributed by atoms with Crippen LogP contribution in [-0.2, 0) is 0 Å². The van der Waals surface area contributed by atoms with Crippen molar-refractivity contribution in [2.75, 3.05) is 0 Å². The Morgan fingerprint density at radius 3 is 1.95 bits per heavy atom. The van der Waals surface area contributed by atoms with E-state index in [-0.39, 0.29) is 0 Å². The first-order valence-corrected chi connectivity index (χ1v) is 9.94. The van der Waals surface area contributed by atoms with Crippen molar-refractivity contribution in [3.05, 3.63) is 12.2 Å². The summed E-state index contributed by atoms with van der Waals surface area (Å²) in [7, 11) is 0. The predicted octanol–water partition coefficient (Wildman–Crippen LogP) is 7.88. The van der Waals surface area contributed by atoms with E-state index in [0.717, 1.165) is 29.6 Å². The van der Waals surface area contributed by atoms with E-state index in [4.69, 9.17) is 0 Å². The topological polar surface area (TPSA) is 0 Å². The first kappa shape index (κ1) is 21.7. The second kappa shape index (κ2) is 12.2. The molecule has 0 aromatic rings. The van der Waals surface area contributed by atoms with Gasteiger partial charge in [-0.15, -0.1) is 0 Å². The number of unbranched alkanes of at least 4 members (excludes halogenated alkanes) is 1. The largest absolute Gasteiger partial charge is 0.0999 e. The molecule has 0 fully saturated rings. The normalized spacial score (nSPS) is 17.3. The number of hydrogen-bond donors (Lipinski definition) is 0. The summed E-state index contributed by atoms with van der Waals surface area (Å²) in [5.41, 5.74) is 1.49. The Morgan fingerprint density at radius 2 is 1.41 bits per heavy atom. The molecule has 0 aliphatic carbocycles. The molecule has 0 saturated carbocycles. The van der Waals surface area contributed by atoms with Crippen LogP contribution in [-0.4, -0.2) is 0 Å². The fraction of sp³-hybridized carbons (Fsp3) is 0.909. The van der Waals surface area contributed by atoms with Crippen molar-refractivity contribution in [3.8, 4) is 0 Å². The Balaban J connectivity index is 3.73. The lowest BCUT2D eigenvalue weighted by Gasteiger charge is -2.23. The SMILES string of the molecule is C=C(CCCCC(C)C(C)C(C)C)CC(C)CCC(C)CC. The van der Waals surface area contributed by atoms with E-state index in [1.54, 1.807) is 0 Å². The highest BCUT2D eigenvalue weighted by molar-refractivity contribution is 4.95. The number of allylic oxidation sites excluding steroid dienone is 1. The lowest BCUT2D eigenvalue weighted by molar-refractivity contribution is 0.276. The fourth-order valence-electron chi connectivity index (χ4n) is 3.23. The molecule has 0 spiro atoms. The molecule has 0 bridgehead atoms. The smallest absolute Gasteiger partial charge is 0.0297 e. The highest BCUT2D eigenvalue weighted by Crippen LogP contribution is 2.26. The van der Waals surface area contributed by atoms with E-state index in [1.807, 2.05) is 0 Å². The second-order valence-electron chi connectivity index (χ2n) is 8.48. The van der Waals surface area contributed by atoms with Crippen LogP contribution in [0.2, 0.25) is 0 Å². The molecule has 0 rings (SSSR count). The lowest BCUT2D eigenvalue weighted by atomic mass is 9.83. The maximum Gasteiger partial charge on any atom is -0.0297 e. The zero-order valence-corrected chi connectivity index (χ0v) is 16.8. The average Bonchev–Trinajstić information content (AvgIpc) is 2.47. The Kier molecular flexibility index (Phi) is 12.1. The first-order chi connectivity index (χ1) is 10.3. The zero-order chi connectivity index (χ0) is 17.1. The van der Waals surface area contributed by atoms with Gasteiger partial charge in [-0.1, -0.05) is 92.7 Å². The Labute approximate surface area is 142 Å². The highest BCUT2D eigenvalue weighted by Gasteiger charge is 2.15. The van der Waals surface area contributed by atoms with Crippen LogP contribution in [0.5, 0.6) is 0 Å². The van der Waals surface area contributed by atoms with Gasteiger partial charge < -0.3 is 0 Å². The summed E-state index contributed by atoms with van der Waals surface area (Å²) in [6.45, 7) is 20.9. The van der Waals surface area contributed by atoms with E-state index in [1.165, 1.54) is 56.9 Å². The van der Waals surface area contributed by atoms with Gasteiger partial charge in [0.25, 0.3) is 0 Å². The standard InChI is InChI=1S/C22H44/c1-9-18(4)14-15-20(6)16-19(5)12-10-11-13-21(7)22(8)17(2)3/h17-18,20-22H,5,9-16H2,1-4,6-8H3. The fourth-order valence-corrected chi connectivity index (χ4v) is 3.23. The third kappa shape index (κ3) is 10.5. The van der Waals surface area contributed by atoms with Gasteiger partial charge >= 0.3 is 0 Å². The van der Waals surface area contributed by atoms with Crippen molar-refractivity contribution in [2.45, 2.75) is 99.8 Å². The molecule has 0 saturated heterocycles. The van der Waals surface area contributed by atoms with Crippen LogP contribution in [0.15, 0.2) is 12.2 Å². The first-order valence-electron chi connectivity index (χ1n) is 9.94. The molecule has 0 aliphatic rings. The van der Waals surface area contributed by atoms with Crippen LogP contribution in [0.25, 0.3) is 0 Å². The van der Waals surface area contributed by atoms with E-state index >= 15 is 0 Å². The van der Waals surface area contributed by atoms with Crippen molar-refractivity contribution in [3.63, 3.8) is 0 Å². The molecule has 0 aliphatic heterocycles. The summed E-state index contributed by atoms with van der Waals surface area (Å²) >= 11 is 0. The van der Waals surface area contributed by atoms with Gasteiger partial charge in [0, 0.05) is 0 Å². The highest BCUT2D eigenvalue weighted by atomic mass is 14.2. The van der Waals surface area contributed by atoms with Gasteiger partial charge in [-0.05, 0) is 48.9 Å². The third-order valence-corrected chi connectivity index (χ3v) is 5.88. The zero-order valence-electron chi connectivity index (χ0n) is 16.8. The minimum absolute atomic E-state index is 0.816. The van der Waals surface area contributed by atoms with Crippen LogP contribution in [0.4, 0.5) is 0 Å². The maximum absolute atomic E-state index is 4.32. The predicted molar refractivity (Wildman–Crippen MR) is 103 cm³/mol. The van der Waals surface area contributed by atoms with Crippen LogP contribution >= 0.6 is 0 Å². The molecule has 0 heterocycles. The van der Waals surface area contributed by atoms with E-state index in [2.05, 4.69) is 55.0 Å². The van der Waals surface area contributed by atoms with Crippen molar-refractivity contribution >= 4 is 0 Å². The summed E-state index contributed by atoms with van der Waals surface area (Å²) in [6.07, 6.45) is 10.7. The van der Waals surface area contributed by atoms with Gasteiger partial charge in [0.05, 0.1) is 0 Å². The molecule has 4 unspecified atom stereocenters.